The summed E-state index contributed by atoms with van der Waals surface area (Å²) in [6.45, 7) is 2.09. The summed E-state index contributed by atoms with van der Waals surface area (Å²) in [7, 11) is -3.55. The molecule has 1 aliphatic heterocycles. The number of aliphatic hydroxyl groups excluding tert-OH is 1. The number of nitrogens with one attached hydrogen (secondary N) is 1. The lowest BCUT2D eigenvalue weighted by Gasteiger charge is -2.27. The van der Waals surface area contributed by atoms with Gasteiger partial charge in [0.2, 0.25) is 0 Å². The Bertz CT molecular complexity index is 1240. The Morgan fingerprint density at radius 1 is 1.17 bits per heavy atom. The van der Waals surface area contributed by atoms with Crippen molar-refractivity contribution >= 4 is 27.3 Å². The summed E-state index contributed by atoms with van der Waals surface area (Å²) in [5, 5.41) is 22.4. The molecule has 0 aliphatic carbocycles. The number of hydrogen-bond acceptors (Lipinski definition) is 6. The molecule has 0 saturated heterocycles. The first-order chi connectivity index (χ1) is 16.1. The summed E-state index contributed by atoms with van der Waals surface area (Å²) < 4.78 is 63.1. The molecule has 0 saturated carbocycles. The van der Waals surface area contributed by atoms with E-state index in [0.29, 0.717) is 18.1 Å². The van der Waals surface area contributed by atoms with Crippen molar-refractivity contribution in [3.05, 3.63) is 59.2 Å². The number of halogens is 3. The Hall–Kier alpha value is -2.96. The molecule has 0 bridgehead atoms. The monoisotopic (exact) mass is 514 g/mol. The van der Waals surface area contributed by atoms with Crippen LogP contribution in [-0.4, -0.2) is 53.9 Å². The highest BCUT2D eigenvalue weighted by atomic mass is 32.2. The van der Waals surface area contributed by atoms with E-state index in [0.717, 1.165) is 23.3 Å². The maximum Gasteiger partial charge on any atom is 0.421 e. The van der Waals surface area contributed by atoms with E-state index in [1.54, 1.807) is 6.92 Å². The molecular formula is C23H25F3N2O6S. The lowest BCUT2D eigenvalue weighted by Crippen LogP contribution is -2.42. The SMILES string of the molecule is CC[C@H](O)C(=O)N1Cc2cc(S(C)(=O)=O)ccc2C1C(=O)Nc1ccc(C(C)(O)C(F)(F)F)cc1. The van der Waals surface area contributed by atoms with E-state index in [1.165, 1.54) is 30.3 Å². The van der Waals surface area contributed by atoms with E-state index >= 15 is 0 Å². The van der Waals surface area contributed by atoms with Crippen LogP contribution < -0.4 is 5.32 Å². The number of hydrogen-bond donors (Lipinski definition) is 3. The van der Waals surface area contributed by atoms with E-state index in [2.05, 4.69) is 5.32 Å². The van der Waals surface area contributed by atoms with E-state index in [9.17, 15) is 41.4 Å². The maximum absolute atomic E-state index is 13.2. The number of sulfone groups is 1. The van der Waals surface area contributed by atoms with Crippen LogP contribution in [0.3, 0.4) is 0 Å². The van der Waals surface area contributed by atoms with Gasteiger partial charge < -0.3 is 20.4 Å². The second-order valence-corrected chi connectivity index (χ2v) is 10.6. The number of carbonyl (C=O) groups is 2. The quantitative estimate of drug-likeness (QED) is 0.545. The van der Waals surface area contributed by atoms with Gasteiger partial charge in [0.05, 0.1) is 4.90 Å². The van der Waals surface area contributed by atoms with Gasteiger partial charge in [-0.2, -0.15) is 13.2 Å². The molecule has 1 heterocycles. The zero-order valence-electron chi connectivity index (χ0n) is 19.1. The molecular weight excluding hydrogens is 489 g/mol. The molecule has 8 nitrogen and oxygen atoms in total. The van der Waals surface area contributed by atoms with Crippen LogP contribution in [0, 0.1) is 0 Å². The molecule has 35 heavy (non-hydrogen) atoms. The number of benzene rings is 2. The summed E-state index contributed by atoms with van der Waals surface area (Å²) in [5.74, 6) is -1.43. The molecule has 3 N–H and O–H groups in total. The number of carbonyl (C=O) groups excluding carboxylic acids is 2. The molecule has 1 aliphatic rings. The summed E-state index contributed by atoms with van der Waals surface area (Å²) in [6, 6.07) is 7.31. The molecule has 2 aromatic rings. The van der Waals surface area contributed by atoms with Gasteiger partial charge in [0, 0.05) is 18.5 Å². The van der Waals surface area contributed by atoms with E-state index in [1.807, 2.05) is 0 Å². The van der Waals surface area contributed by atoms with Crippen molar-refractivity contribution in [3.63, 3.8) is 0 Å². The minimum atomic E-state index is -4.91. The third-order valence-electron chi connectivity index (χ3n) is 5.96. The molecule has 0 radical (unpaired) electrons. The fourth-order valence-corrected chi connectivity index (χ4v) is 4.44. The highest BCUT2D eigenvalue weighted by Gasteiger charge is 2.51. The predicted molar refractivity (Wildman–Crippen MR) is 120 cm³/mol. The minimum Gasteiger partial charge on any atom is -0.383 e. The van der Waals surface area contributed by atoms with Crippen molar-refractivity contribution < 1.29 is 41.4 Å². The molecule has 0 spiro atoms. The van der Waals surface area contributed by atoms with Gasteiger partial charge >= 0.3 is 6.18 Å². The Kier molecular flexibility index (Phi) is 7.04. The van der Waals surface area contributed by atoms with Gasteiger partial charge in [0.15, 0.2) is 15.4 Å². The smallest absolute Gasteiger partial charge is 0.383 e. The van der Waals surface area contributed by atoms with Crippen molar-refractivity contribution in [2.45, 2.75) is 55.6 Å². The summed E-state index contributed by atoms with van der Waals surface area (Å²) in [4.78, 5) is 27.1. The van der Waals surface area contributed by atoms with Crippen molar-refractivity contribution in [2.24, 2.45) is 0 Å². The number of aliphatic hydroxyl groups is 2. The molecule has 0 fully saturated rings. The molecule has 0 aromatic heterocycles. The fourth-order valence-electron chi connectivity index (χ4n) is 3.77. The lowest BCUT2D eigenvalue weighted by atomic mass is 9.95. The molecule has 2 aromatic carbocycles. The van der Waals surface area contributed by atoms with Crippen LogP contribution >= 0.6 is 0 Å². The fraction of sp³-hybridized carbons (Fsp3) is 0.391. The van der Waals surface area contributed by atoms with Gasteiger partial charge in [-0.05, 0) is 54.3 Å². The van der Waals surface area contributed by atoms with Gasteiger partial charge in [-0.1, -0.05) is 25.1 Å². The molecule has 2 unspecified atom stereocenters. The number of anilines is 1. The van der Waals surface area contributed by atoms with Crippen LogP contribution in [0.4, 0.5) is 18.9 Å². The average molecular weight is 515 g/mol. The Labute approximate surface area is 200 Å². The number of amides is 2. The van der Waals surface area contributed by atoms with E-state index in [4.69, 9.17) is 0 Å². The van der Waals surface area contributed by atoms with Crippen molar-refractivity contribution in [2.75, 3.05) is 11.6 Å². The Balaban J connectivity index is 1.93. The maximum atomic E-state index is 13.2. The second kappa shape index (κ2) is 9.25. The van der Waals surface area contributed by atoms with Gasteiger partial charge in [-0.25, -0.2) is 8.42 Å². The summed E-state index contributed by atoms with van der Waals surface area (Å²) >= 11 is 0. The third kappa shape index (κ3) is 5.19. The normalized spacial score (nSPS) is 18.5. The second-order valence-electron chi connectivity index (χ2n) is 8.56. The number of nitrogens with zero attached hydrogens (tertiary/aromatic N) is 1. The Morgan fingerprint density at radius 2 is 1.77 bits per heavy atom. The molecule has 3 rings (SSSR count). The van der Waals surface area contributed by atoms with Gasteiger partial charge in [-0.3, -0.25) is 9.59 Å². The van der Waals surface area contributed by atoms with Crippen LogP contribution in [-0.2, 0) is 31.6 Å². The van der Waals surface area contributed by atoms with E-state index in [-0.39, 0.29) is 23.5 Å². The van der Waals surface area contributed by atoms with Crippen LogP contribution in [0.25, 0.3) is 0 Å². The number of fused-ring (bicyclic) bond motifs is 1. The zero-order valence-corrected chi connectivity index (χ0v) is 19.9. The molecule has 2 amide bonds. The number of rotatable bonds is 6. The average Bonchev–Trinajstić information content (AvgIpc) is 3.16. The van der Waals surface area contributed by atoms with Crippen molar-refractivity contribution in [1.29, 1.82) is 0 Å². The minimum absolute atomic E-state index is 0.00746. The first-order valence-corrected chi connectivity index (χ1v) is 12.5. The summed E-state index contributed by atoms with van der Waals surface area (Å²) in [6.07, 6.45) is -5.16. The summed E-state index contributed by atoms with van der Waals surface area (Å²) in [5.41, 5.74) is -2.62. The van der Waals surface area contributed by atoms with E-state index < -0.39 is 51.1 Å². The largest absolute Gasteiger partial charge is 0.421 e. The predicted octanol–water partition coefficient (Wildman–Crippen LogP) is 2.65. The molecule has 12 heteroatoms. The first-order valence-electron chi connectivity index (χ1n) is 10.6. The third-order valence-corrected chi connectivity index (χ3v) is 7.07. The highest BCUT2D eigenvalue weighted by Crippen LogP contribution is 2.39. The topological polar surface area (TPSA) is 124 Å². The molecule has 190 valence electrons. The lowest BCUT2D eigenvalue weighted by molar-refractivity contribution is -0.258. The first kappa shape index (κ1) is 26.6. The van der Waals surface area contributed by atoms with Gasteiger partial charge in [0.25, 0.3) is 11.8 Å². The van der Waals surface area contributed by atoms with Crippen LogP contribution in [0.15, 0.2) is 47.4 Å². The Morgan fingerprint density at radius 3 is 2.29 bits per heavy atom. The number of alkyl halides is 3. The van der Waals surface area contributed by atoms with Crippen molar-refractivity contribution in [1.82, 2.24) is 4.90 Å². The van der Waals surface area contributed by atoms with Crippen LogP contribution in [0.5, 0.6) is 0 Å². The highest BCUT2D eigenvalue weighted by molar-refractivity contribution is 7.90. The van der Waals surface area contributed by atoms with Crippen LogP contribution in [0.1, 0.15) is 43.0 Å². The zero-order chi connectivity index (χ0) is 26.3. The van der Waals surface area contributed by atoms with Gasteiger partial charge in [0.1, 0.15) is 12.1 Å². The van der Waals surface area contributed by atoms with Crippen LogP contribution in [0.2, 0.25) is 0 Å². The molecule has 3 atom stereocenters. The van der Waals surface area contributed by atoms with Crippen molar-refractivity contribution in [3.8, 4) is 0 Å². The standard InChI is InChI=1S/C23H25F3N2O6S/c1-4-18(29)21(31)28-12-13-11-16(35(3,33)34)9-10-17(13)19(28)20(30)27-15-7-5-14(6-8-15)22(2,32)23(24,25)26/h5-11,18-19,29,32H,4,12H2,1-3H3,(H,27,30)/t18-,19?,22?/m0/s1. The van der Waals surface area contributed by atoms with Gasteiger partial charge in [-0.15, -0.1) is 0 Å².